The molecule has 2 heterocycles. The Morgan fingerprint density at radius 3 is 2.82 bits per heavy atom. The topological polar surface area (TPSA) is 18.5 Å². The summed E-state index contributed by atoms with van der Waals surface area (Å²) in [4.78, 5) is 0. The first-order chi connectivity index (χ1) is 8.24. The van der Waals surface area contributed by atoms with Gasteiger partial charge >= 0.3 is 0 Å². The Kier molecular flexibility index (Phi) is 3.12. The molecule has 3 heteroatoms. The highest BCUT2D eigenvalue weighted by atomic mass is 35.5. The molecule has 0 aromatic heterocycles. The van der Waals surface area contributed by atoms with Gasteiger partial charge in [0.2, 0.25) is 0 Å². The summed E-state index contributed by atoms with van der Waals surface area (Å²) in [7, 11) is 0. The SMILES string of the molecule is CC1CCC(C(Cl)c2ccc3c(c2)COC3)O1. The van der Waals surface area contributed by atoms with Crippen molar-refractivity contribution in [2.45, 2.75) is 50.6 Å². The van der Waals surface area contributed by atoms with Gasteiger partial charge in [-0.05, 0) is 36.5 Å². The number of halogens is 1. The predicted octanol–water partition coefficient (Wildman–Crippen LogP) is 3.56. The molecule has 1 saturated heterocycles. The maximum absolute atomic E-state index is 6.51. The number of benzene rings is 1. The number of alkyl halides is 1. The normalized spacial score (nSPS) is 29.3. The lowest BCUT2D eigenvalue weighted by Gasteiger charge is -2.18. The molecule has 0 saturated carbocycles. The molecule has 2 aliphatic heterocycles. The van der Waals surface area contributed by atoms with Gasteiger partial charge in [0.05, 0.1) is 30.8 Å². The van der Waals surface area contributed by atoms with Crippen LogP contribution in [0.25, 0.3) is 0 Å². The molecule has 1 aromatic rings. The van der Waals surface area contributed by atoms with Gasteiger partial charge in [0.15, 0.2) is 0 Å². The second-order valence-corrected chi connectivity index (χ2v) is 5.46. The summed E-state index contributed by atoms with van der Waals surface area (Å²) in [5, 5.41) is -0.0362. The van der Waals surface area contributed by atoms with E-state index < -0.39 is 0 Å². The van der Waals surface area contributed by atoms with Crippen molar-refractivity contribution in [2.24, 2.45) is 0 Å². The summed E-state index contributed by atoms with van der Waals surface area (Å²) in [5.41, 5.74) is 3.73. The highest BCUT2D eigenvalue weighted by molar-refractivity contribution is 6.21. The van der Waals surface area contributed by atoms with E-state index in [1.54, 1.807) is 0 Å². The summed E-state index contributed by atoms with van der Waals surface area (Å²) in [6, 6.07) is 6.41. The quantitative estimate of drug-likeness (QED) is 0.750. The molecule has 0 N–H and O–H groups in total. The Hall–Kier alpha value is -0.570. The molecule has 0 amide bonds. The predicted molar refractivity (Wildman–Crippen MR) is 67.1 cm³/mol. The number of ether oxygens (including phenoxy) is 2. The third-order valence-corrected chi connectivity index (χ3v) is 4.19. The monoisotopic (exact) mass is 252 g/mol. The van der Waals surface area contributed by atoms with Crippen molar-refractivity contribution in [3.8, 4) is 0 Å². The summed E-state index contributed by atoms with van der Waals surface area (Å²) in [5.74, 6) is 0. The first-order valence-electron chi connectivity index (χ1n) is 6.23. The Bertz CT molecular complexity index is 419. The van der Waals surface area contributed by atoms with E-state index in [0.717, 1.165) is 25.0 Å². The van der Waals surface area contributed by atoms with Crippen LogP contribution in [-0.2, 0) is 22.7 Å². The third kappa shape index (κ3) is 2.22. The minimum Gasteiger partial charge on any atom is -0.373 e. The van der Waals surface area contributed by atoms with Crippen LogP contribution < -0.4 is 0 Å². The second kappa shape index (κ2) is 4.60. The summed E-state index contributed by atoms with van der Waals surface area (Å²) < 4.78 is 11.3. The molecule has 0 aliphatic carbocycles. The van der Waals surface area contributed by atoms with Crippen molar-refractivity contribution in [1.29, 1.82) is 0 Å². The van der Waals surface area contributed by atoms with Crippen LogP contribution in [0, 0.1) is 0 Å². The molecule has 0 radical (unpaired) electrons. The van der Waals surface area contributed by atoms with Crippen LogP contribution in [0.4, 0.5) is 0 Å². The smallest absolute Gasteiger partial charge is 0.0847 e. The van der Waals surface area contributed by atoms with Crippen molar-refractivity contribution in [2.75, 3.05) is 0 Å². The van der Waals surface area contributed by atoms with Gasteiger partial charge in [-0.2, -0.15) is 0 Å². The van der Waals surface area contributed by atoms with E-state index >= 15 is 0 Å². The van der Waals surface area contributed by atoms with E-state index in [1.807, 2.05) is 0 Å². The first kappa shape index (κ1) is 11.5. The van der Waals surface area contributed by atoms with Crippen LogP contribution in [0.5, 0.6) is 0 Å². The molecule has 0 spiro atoms. The zero-order valence-electron chi connectivity index (χ0n) is 9.99. The summed E-state index contributed by atoms with van der Waals surface area (Å²) in [6.45, 7) is 3.56. The molecular formula is C14H17ClO2. The van der Waals surface area contributed by atoms with Gasteiger partial charge < -0.3 is 9.47 Å². The zero-order valence-corrected chi connectivity index (χ0v) is 10.7. The van der Waals surface area contributed by atoms with Crippen LogP contribution in [0.1, 0.15) is 41.8 Å². The molecule has 0 bridgehead atoms. The summed E-state index contributed by atoms with van der Waals surface area (Å²) in [6.07, 6.45) is 2.68. The van der Waals surface area contributed by atoms with Crippen molar-refractivity contribution in [1.82, 2.24) is 0 Å². The summed E-state index contributed by atoms with van der Waals surface area (Å²) >= 11 is 6.51. The van der Waals surface area contributed by atoms with Crippen LogP contribution in [-0.4, -0.2) is 12.2 Å². The van der Waals surface area contributed by atoms with E-state index in [9.17, 15) is 0 Å². The fraction of sp³-hybridized carbons (Fsp3) is 0.571. The van der Waals surface area contributed by atoms with Crippen LogP contribution in [0.2, 0.25) is 0 Å². The third-order valence-electron chi connectivity index (χ3n) is 3.66. The van der Waals surface area contributed by atoms with Crippen molar-refractivity contribution in [3.05, 3.63) is 34.9 Å². The number of rotatable bonds is 2. The Labute approximate surface area is 107 Å². The maximum atomic E-state index is 6.51. The van der Waals surface area contributed by atoms with Gasteiger partial charge in [0, 0.05) is 0 Å². The number of hydrogen-bond acceptors (Lipinski definition) is 2. The molecular weight excluding hydrogens is 236 g/mol. The van der Waals surface area contributed by atoms with Crippen molar-refractivity contribution >= 4 is 11.6 Å². The lowest BCUT2D eigenvalue weighted by atomic mass is 10.0. The molecule has 1 fully saturated rings. The molecule has 3 rings (SSSR count). The molecule has 92 valence electrons. The molecule has 3 atom stereocenters. The Morgan fingerprint density at radius 2 is 2.06 bits per heavy atom. The minimum absolute atomic E-state index is 0.0362. The van der Waals surface area contributed by atoms with Crippen molar-refractivity contribution < 1.29 is 9.47 Å². The van der Waals surface area contributed by atoms with E-state index in [-0.39, 0.29) is 11.5 Å². The van der Waals surface area contributed by atoms with E-state index in [1.165, 1.54) is 11.1 Å². The van der Waals surface area contributed by atoms with Crippen LogP contribution in [0.15, 0.2) is 18.2 Å². The van der Waals surface area contributed by atoms with Gasteiger partial charge in [-0.1, -0.05) is 18.2 Å². The fourth-order valence-electron chi connectivity index (χ4n) is 2.63. The highest BCUT2D eigenvalue weighted by Crippen LogP contribution is 2.36. The van der Waals surface area contributed by atoms with Crippen molar-refractivity contribution in [3.63, 3.8) is 0 Å². The van der Waals surface area contributed by atoms with E-state index in [0.29, 0.717) is 12.7 Å². The molecule has 1 aromatic carbocycles. The maximum Gasteiger partial charge on any atom is 0.0847 e. The average Bonchev–Trinajstić information content (AvgIpc) is 2.95. The Balaban J connectivity index is 1.79. The molecule has 3 unspecified atom stereocenters. The van der Waals surface area contributed by atoms with E-state index in [2.05, 4.69) is 25.1 Å². The second-order valence-electron chi connectivity index (χ2n) is 4.99. The first-order valence-corrected chi connectivity index (χ1v) is 6.66. The molecule has 2 nitrogen and oxygen atoms in total. The van der Waals surface area contributed by atoms with Crippen LogP contribution >= 0.6 is 11.6 Å². The number of fused-ring (bicyclic) bond motifs is 1. The molecule has 2 aliphatic rings. The zero-order chi connectivity index (χ0) is 11.8. The number of hydrogen-bond donors (Lipinski definition) is 0. The van der Waals surface area contributed by atoms with Crippen LogP contribution in [0.3, 0.4) is 0 Å². The molecule has 17 heavy (non-hydrogen) atoms. The van der Waals surface area contributed by atoms with Gasteiger partial charge in [0.25, 0.3) is 0 Å². The van der Waals surface area contributed by atoms with Gasteiger partial charge in [0.1, 0.15) is 0 Å². The lowest BCUT2D eigenvalue weighted by Crippen LogP contribution is -2.14. The highest BCUT2D eigenvalue weighted by Gasteiger charge is 2.29. The van der Waals surface area contributed by atoms with Gasteiger partial charge in [-0.3, -0.25) is 0 Å². The fourth-order valence-corrected chi connectivity index (χ4v) is 2.95. The minimum atomic E-state index is -0.0362. The standard InChI is InChI=1S/C14H17ClO2/c1-9-2-5-13(17-9)14(15)10-3-4-11-7-16-8-12(11)6-10/h3-4,6,9,13-14H,2,5,7-8H2,1H3. The Morgan fingerprint density at radius 1 is 1.24 bits per heavy atom. The van der Waals surface area contributed by atoms with E-state index in [4.69, 9.17) is 21.1 Å². The lowest BCUT2D eigenvalue weighted by molar-refractivity contribution is 0.0533. The largest absolute Gasteiger partial charge is 0.373 e. The van der Waals surface area contributed by atoms with Gasteiger partial charge in [-0.15, -0.1) is 11.6 Å². The van der Waals surface area contributed by atoms with Gasteiger partial charge in [-0.25, -0.2) is 0 Å². The average molecular weight is 253 g/mol.